The van der Waals surface area contributed by atoms with E-state index in [2.05, 4.69) is 5.32 Å². The molecule has 0 aromatic heterocycles. The van der Waals surface area contributed by atoms with Crippen molar-refractivity contribution in [1.82, 2.24) is 15.1 Å². The molecule has 2 heterocycles. The lowest BCUT2D eigenvalue weighted by Gasteiger charge is -2.25. The minimum atomic E-state index is -1.44. The van der Waals surface area contributed by atoms with E-state index < -0.39 is 17.5 Å². The number of carbonyl (C=O) groups is 4. The summed E-state index contributed by atoms with van der Waals surface area (Å²) in [6, 6.07) is 6.10. The van der Waals surface area contributed by atoms with Gasteiger partial charge in [0.05, 0.1) is 10.5 Å². The molecule has 3 amide bonds. The Labute approximate surface area is 160 Å². The van der Waals surface area contributed by atoms with Gasteiger partial charge in [0.1, 0.15) is 0 Å². The molecule has 1 saturated heterocycles. The molecular formula is C19H19N3O4S. The van der Waals surface area contributed by atoms with Crippen molar-refractivity contribution >= 4 is 35.3 Å². The first-order valence-electron chi connectivity index (χ1n) is 8.71. The summed E-state index contributed by atoms with van der Waals surface area (Å²) in [5, 5.41) is 2.72. The number of ketones is 2. The van der Waals surface area contributed by atoms with Crippen LogP contribution < -0.4 is 5.32 Å². The summed E-state index contributed by atoms with van der Waals surface area (Å²) in [5.41, 5.74) is -0.665. The van der Waals surface area contributed by atoms with E-state index in [1.165, 1.54) is 11.8 Å². The van der Waals surface area contributed by atoms with Crippen molar-refractivity contribution < 1.29 is 19.2 Å². The van der Waals surface area contributed by atoms with Crippen molar-refractivity contribution in [2.45, 2.75) is 12.0 Å². The summed E-state index contributed by atoms with van der Waals surface area (Å²) in [4.78, 5) is 55.0. The number of rotatable bonds is 4. The number of nitrogens with zero attached hydrogens (tertiary/aromatic N) is 2. The monoisotopic (exact) mass is 385 g/mol. The normalized spacial score (nSPS) is 24.2. The lowest BCUT2D eigenvalue weighted by molar-refractivity contribution is -0.129. The number of hydrogen-bond donors (Lipinski definition) is 1. The van der Waals surface area contributed by atoms with Gasteiger partial charge in [0, 0.05) is 23.4 Å². The summed E-state index contributed by atoms with van der Waals surface area (Å²) in [7, 11) is 3.84. The van der Waals surface area contributed by atoms with Crippen molar-refractivity contribution in [3.8, 4) is 0 Å². The van der Waals surface area contributed by atoms with E-state index >= 15 is 0 Å². The number of imide groups is 1. The number of nitrogens with one attached hydrogen (secondary N) is 1. The molecule has 140 valence electrons. The average Bonchev–Trinajstić information content (AvgIpc) is 3.13. The fraction of sp³-hybridized carbons (Fsp3) is 0.368. The Morgan fingerprint density at radius 2 is 1.78 bits per heavy atom. The van der Waals surface area contributed by atoms with Crippen molar-refractivity contribution in [3.63, 3.8) is 0 Å². The molecule has 1 N–H and O–H groups in total. The molecule has 1 fully saturated rings. The van der Waals surface area contributed by atoms with Crippen LogP contribution >= 0.6 is 11.8 Å². The van der Waals surface area contributed by atoms with Gasteiger partial charge in [-0.2, -0.15) is 0 Å². The van der Waals surface area contributed by atoms with Crippen LogP contribution in [-0.4, -0.2) is 71.8 Å². The molecule has 2 aliphatic heterocycles. The third-order valence-electron chi connectivity index (χ3n) is 5.10. The van der Waals surface area contributed by atoms with E-state index in [9.17, 15) is 19.2 Å². The Balaban J connectivity index is 1.70. The summed E-state index contributed by atoms with van der Waals surface area (Å²) < 4.78 is 0. The van der Waals surface area contributed by atoms with Crippen molar-refractivity contribution in [2.24, 2.45) is 0 Å². The van der Waals surface area contributed by atoms with Crippen LogP contribution in [0, 0.1) is 0 Å². The van der Waals surface area contributed by atoms with Crippen LogP contribution in [0.5, 0.6) is 0 Å². The molecule has 0 radical (unpaired) electrons. The van der Waals surface area contributed by atoms with Crippen molar-refractivity contribution in [1.29, 1.82) is 0 Å². The SMILES string of the molecule is CN(C)CCCN1C(=O)NC2(CSC3=C2C(=O)c2ccccc2C3=O)C1=O. The van der Waals surface area contributed by atoms with Gasteiger partial charge in [-0.05, 0) is 27.1 Å². The molecule has 1 unspecified atom stereocenters. The molecule has 0 saturated carbocycles. The van der Waals surface area contributed by atoms with Crippen LogP contribution in [0.1, 0.15) is 27.1 Å². The molecule has 0 bridgehead atoms. The number of Topliss-reactive ketones (excluding diaryl/α,β-unsaturated/α-hetero) is 2. The van der Waals surface area contributed by atoms with E-state index in [1.54, 1.807) is 24.3 Å². The Kier molecular flexibility index (Phi) is 4.20. The van der Waals surface area contributed by atoms with E-state index in [4.69, 9.17) is 0 Å². The first-order chi connectivity index (χ1) is 12.9. The number of allylic oxidation sites excluding steroid dienone is 1. The zero-order valence-corrected chi connectivity index (χ0v) is 15.9. The highest BCUT2D eigenvalue weighted by Gasteiger charge is 2.60. The Morgan fingerprint density at radius 3 is 2.44 bits per heavy atom. The van der Waals surface area contributed by atoms with Gasteiger partial charge in [0.25, 0.3) is 5.91 Å². The Morgan fingerprint density at radius 1 is 1.11 bits per heavy atom. The topological polar surface area (TPSA) is 86.8 Å². The molecule has 27 heavy (non-hydrogen) atoms. The second-order valence-electron chi connectivity index (χ2n) is 7.15. The second kappa shape index (κ2) is 6.31. The number of amides is 3. The Hall–Kier alpha value is -2.45. The van der Waals surface area contributed by atoms with E-state index in [0.29, 0.717) is 12.0 Å². The molecule has 4 rings (SSSR count). The number of carbonyl (C=O) groups excluding carboxylic acids is 4. The highest BCUT2D eigenvalue weighted by Crippen LogP contribution is 2.47. The summed E-state index contributed by atoms with van der Waals surface area (Å²) >= 11 is 1.17. The molecular weight excluding hydrogens is 366 g/mol. The van der Waals surface area contributed by atoms with Crippen LogP contribution in [0.4, 0.5) is 4.79 Å². The quantitative estimate of drug-likeness (QED) is 0.787. The van der Waals surface area contributed by atoms with Crippen LogP contribution in [-0.2, 0) is 4.79 Å². The van der Waals surface area contributed by atoms with Crippen molar-refractivity contribution in [3.05, 3.63) is 45.9 Å². The van der Waals surface area contributed by atoms with Gasteiger partial charge in [0.2, 0.25) is 5.78 Å². The number of fused-ring (bicyclic) bond motifs is 2. The molecule has 7 nitrogen and oxygen atoms in total. The van der Waals surface area contributed by atoms with Gasteiger partial charge < -0.3 is 10.2 Å². The van der Waals surface area contributed by atoms with E-state index in [0.717, 1.165) is 11.4 Å². The average molecular weight is 385 g/mol. The van der Waals surface area contributed by atoms with E-state index in [-0.39, 0.29) is 39.9 Å². The predicted molar refractivity (Wildman–Crippen MR) is 101 cm³/mol. The first-order valence-corrected chi connectivity index (χ1v) is 9.70. The van der Waals surface area contributed by atoms with E-state index in [1.807, 2.05) is 19.0 Å². The number of benzene rings is 1. The smallest absolute Gasteiger partial charge is 0.318 e. The van der Waals surface area contributed by atoms with Crippen LogP contribution in [0.25, 0.3) is 0 Å². The van der Waals surface area contributed by atoms with Crippen LogP contribution in [0.15, 0.2) is 34.7 Å². The fourth-order valence-corrected chi connectivity index (χ4v) is 5.13. The summed E-state index contributed by atoms with van der Waals surface area (Å²) in [6.07, 6.45) is 0.636. The number of thioether (sulfide) groups is 1. The number of urea groups is 1. The van der Waals surface area contributed by atoms with Crippen molar-refractivity contribution in [2.75, 3.05) is 32.9 Å². The minimum Gasteiger partial charge on any atom is -0.318 e. The fourth-order valence-electron chi connectivity index (χ4n) is 3.77. The standard InChI is InChI=1S/C19H19N3O4S/c1-21(2)8-5-9-22-17(25)19(20-18(22)26)10-27-16-13(19)14(23)11-6-3-4-7-12(11)15(16)24/h3-4,6-7H,5,8-10H2,1-2H3,(H,20,26). The minimum absolute atomic E-state index is 0.129. The van der Waals surface area contributed by atoms with Gasteiger partial charge in [-0.25, -0.2) is 4.79 Å². The summed E-state index contributed by atoms with van der Waals surface area (Å²) in [6.45, 7) is 1.01. The zero-order chi connectivity index (χ0) is 19.3. The maximum atomic E-state index is 13.2. The third kappa shape index (κ3) is 2.55. The molecule has 1 atom stereocenters. The molecule has 1 aromatic rings. The highest BCUT2D eigenvalue weighted by atomic mass is 32.2. The highest BCUT2D eigenvalue weighted by molar-refractivity contribution is 8.04. The maximum absolute atomic E-state index is 13.2. The first kappa shape index (κ1) is 17.9. The maximum Gasteiger partial charge on any atom is 0.325 e. The number of hydrogen-bond acceptors (Lipinski definition) is 6. The van der Waals surface area contributed by atoms with Crippen LogP contribution in [0.2, 0.25) is 0 Å². The van der Waals surface area contributed by atoms with Gasteiger partial charge in [-0.3, -0.25) is 19.3 Å². The van der Waals surface area contributed by atoms with Crippen LogP contribution in [0.3, 0.4) is 0 Å². The van der Waals surface area contributed by atoms with Gasteiger partial charge >= 0.3 is 6.03 Å². The lowest BCUT2D eigenvalue weighted by atomic mass is 9.79. The third-order valence-corrected chi connectivity index (χ3v) is 6.35. The second-order valence-corrected chi connectivity index (χ2v) is 8.13. The largest absolute Gasteiger partial charge is 0.325 e. The zero-order valence-electron chi connectivity index (χ0n) is 15.1. The molecule has 1 spiro atoms. The predicted octanol–water partition coefficient (Wildman–Crippen LogP) is 1.31. The Bertz CT molecular complexity index is 923. The van der Waals surface area contributed by atoms with Gasteiger partial charge in [0.15, 0.2) is 11.3 Å². The van der Waals surface area contributed by atoms with Gasteiger partial charge in [-0.15, -0.1) is 11.8 Å². The lowest BCUT2D eigenvalue weighted by Crippen LogP contribution is -2.52. The molecule has 1 aliphatic carbocycles. The summed E-state index contributed by atoms with van der Waals surface area (Å²) in [5.74, 6) is -0.883. The molecule has 1 aromatic carbocycles. The van der Waals surface area contributed by atoms with Gasteiger partial charge in [-0.1, -0.05) is 24.3 Å². The molecule has 8 heteroatoms. The molecule has 3 aliphatic rings.